The predicted octanol–water partition coefficient (Wildman–Crippen LogP) is 1.54. The minimum Gasteiger partial charge on any atom is -0.468 e. The Kier molecular flexibility index (Phi) is 3.47. The highest BCUT2D eigenvalue weighted by atomic mass is 16.5. The normalized spacial score (nSPS) is 32.9. The Morgan fingerprint density at radius 1 is 1.38 bits per heavy atom. The third kappa shape index (κ3) is 2.99. The van der Waals surface area contributed by atoms with Crippen molar-refractivity contribution in [2.75, 3.05) is 13.1 Å². The molecule has 5 heteroatoms. The molecule has 21 heavy (non-hydrogen) atoms. The maximum atomic E-state index is 12.1. The molecule has 1 N–H and O–H groups in total. The Balaban J connectivity index is 1.32. The van der Waals surface area contributed by atoms with Crippen LogP contribution in [-0.2, 0) is 16.1 Å². The molecule has 0 spiro atoms. The van der Waals surface area contributed by atoms with Crippen LogP contribution in [0.3, 0.4) is 0 Å². The van der Waals surface area contributed by atoms with Crippen LogP contribution in [0.2, 0.25) is 0 Å². The van der Waals surface area contributed by atoms with Gasteiger partial charge in [-0.15, -0.1) is 0 Å². The highest BCUT2D eigenvalue weighted by molar-refractivity contribution is 5.81. The number of ether oxygens (including phenoxy) is 1. The van der Waals surface area contributed by atoms with Gasteiger partial charge in [0.1, 0.15) is 11.9 Å². The van der Waals surface area contributed by atoms with E-state index in [-0.39, 0.29) is 18.1 Å². The second-order valence-corrected chi connectivity index (χ2v) is 6.54. The largest absolute Gasteiger partial charge is 0.468 e. The SMILES string of the molecule is O=C(NC1CC1)[C@H]1C[C@@H]2CCN(Cc3ccco3)C[C@H]2O1. The van der Waals surface area contributed by atoms with E-state index in [1.807, 2.05) is 12.1 Å². The summed E-state index contributed by atoms with van der Waals surface area (Å²) in [7, 11) is 0. The van der Waals surface area contributed by atoms with Crippen LogP contribution in [0, 0.1) is 5.92 Å². The summed E-state index contributed by atoms with van der Waals surface area (Å²) in [6, 6.07) is 4.35. The molecule has 0 bridgehead atoms. The first-order chi connectivity index (χ1) is 10.3. The summed E-state index contributed by atoms with van der Waals surface area (Å²) in [5.74, 6) is 1.63. The van der Waals surface area contributed by atoms with Crippen molar-refractivity contribution in [3.05, 3.63) is 24.2 Å². The van der Waals surface area contributed by atoms with Crippen LogP contribution in [0.15, 0.2) is 22.8 Å². The average molecular weight is 290 g/mol. The fourth-order valence-electron chi connectivity index (χ4n) is 3.45. The number of furan rings is 1. The molecular formula is C16H22N2O3. The zero-order valence-electron chi connectivity index (χ0n) is 12.2. The summed E-state index contributed by atoms with van der Waals surface area (Å²) >= 11 is 0. The second kappa shape index (κ2) is 5.46. The molecule has 0 aromatic carbocycles. The van der Waals surface area contributed by atoms with Gasteiger partial charge in [-0.1, -0.05) is 0 Å². The fraction of sp³-hybridized carbons (Fsp3) is 0.688. The molecule has 1 saturated carbocycles. The molecule has 114 valence electrons. The van der Waals surface area contributed by atoms with E-state index >= 15 is 0 Å². The number of rotatable bonds is 4. The van der Waals surface area contributed by atoms with E-state index in [0.717, 1.165) is 51.1 Å². The molecule has 2 saturated heterocycles. The standard InChI is InChI=1S/C16H22N2O3/c19-16(17-12-3-4-12)14-8-11-5-6-18(10-15(11)21-14)9-13-2-1-7-20-13/h1-2,7,11-12,14-15H,3-6,8-10H2,(H,17,19)/t11-,14+,15+/m0/s1. The number of nitrogens with zero attached hydrogens (tertiary/aromatic N) is 1. The third-order valence-electron chi connectivity index (χ3n) is 4.81. The topological polar surface area (TPSA) is 54.7 Å². The minimum absolute atomic E-state index is 0.101. The zero-order valence-corrected chi connectivity index (χ0v) is 12.2. The van der Waals surface area contributed by atoms with E-state index < -0.39 is 0 Å². The molecular weight excluding hydrogens is 268 g/mol. The summed E-state index contributed by atoms with van der Waals surface area (Å²) in [5.41, 5.74) is 0. The van der Waals surface area contributed by atoms with Crippen LogP contribution in [0.4, 0.5) is 0 Å². The second-order valence-electron chi connectivity index (χ2n) is 6.54. The number of carbonyl (C=O) groups excluding carboxylic acids is 1. The molecule has 1 aromatic heterocycles. The predicted molar refractivity (Wildman–Crippen MR) is 76.5 cm³/mol. The lowest BCUT2D eigenvalue weighted by molar-refractivity contribution is -0.133. The summed E-state index contributed by atoms with van der Waals surface area (Å²) in [4.78, 5) is 14.5. The smallest absolute Gasteiger partial charge is 0.249 e. The Morgan fingerprint density at radius 2 is 2.29 bits per heavy atom. The maximum Gasteiger partial charge on any atom is 0.249 e. The average Bonchev–Trinajstić information content (AvgIpc) is 3.00. The van der Waals surface area contributed by atoms with Crippen molar-refractivity contribution in [3.8, 4) is 0 Å². The van der Waals surface area contributed by atoms with Crippen molar-refractivity contribution >= 4 is 5.91 Å². The van der Waals surface area contributed by atoms with Gasteiger partial charge in [0.15, 0.2) is 0 Å². The molecule has 3 heterocycles. The Labute approximate surface area is 124 Å². The van der Waals surface area contributed by atoms with Crippen molar-refractivity contribution in [1.82, 2.24) is 10.2 Å². The number of hydrogen-bond acceptors (Lipinski definition) is 4. The molecule has 1 amide bonds. The van der Waals surface area contributed by atoms with Crippen molar-refractivity contribution in [1.29, 1.82) is 0 Å². The number of carbonyl (C=O) groups is 1. The monoisotopic (exact) mass is 290 g/mol. The maximum absolute atomic E-state index is 12.1. The summed E-state index contributed by atoms with van der Waals surface area (Å²) < 4.78 is 11.4. The zero-order chi connectivity index (χ0) is 14.2. The number of piperidine rings is 1. The molecule has 4 rings (SSSR count). The van der Waals surface area contributed by atoms with Crippen LogP contribution >= 0.6 is 0 Å². The van der Waals surface area contributed by atoms with Gasteiger partial charge in [-0.2, -0.15) is 0 Å². The fourth-order valence-corrected chi connectivity index (χ4v) is 3.45. The van der Waals surface area contributed by atoms with Crippen molar-refractivity contribution < 1.29 is 13.9 Å². The summed E-state index contributed by atoms with van der Waals surface area (Å²) in [5, 5.41) is 3.06. The van der Waals surface area contributed by atoms with E-state index in [1.54, 1.807) is 6.26 Å². The van der Waals surface area contributed by atoms with Gasteiger partial charge < -0.3 is 14.5 Å². The van der Waals surface area contributed by atoms with Crippen LogP contribution in [0.25, 0.3) is 0 Å². The van der Waals surface area contributed by atoms with Crippen molar-refractivity contribution in [2.45, 2.75) is 50.5 Å². The lowest BCUT2D eigenvalue weighted by atomic mass is 9.91. The highest BCUT2D eigenvalue weighted by Crippen LogP contribution is 2.34. The van der Waals surface area contributed by atoms with Gasteiger partial charge in [0, 0.05) is 12.6 Å². The molecule has 5 nitrogen and oxygen atoms in total. The molecule has 3 fully saturated rings. The molecule has 0 unspecified atom stereocenters. The molecule has 1 aliphatic carbocycles. The molecule has 1 aromatic rings. The van der Waals surface area contributed by atoms with E-state index in [9.17, 15) is 4.79 Å². The van der Waals surface area contributed by atoms with Gasteiger partial charge in [-0.3, -0.25) is 9.69 Å². The Morgan fingerprint density at radius 3 is 3.05 bits per heavy atom. The van der Waals surface area contributed by atoms with Gasteiger partial charge in [0.25, 0.3) is 0 Å². The van der Waals surface area contributed by atoms with Crippen molar-refractivity contribution in [3.63, 3.8) is 0 Å². The first-order valence-corrected chi connectivity index (χ1v) is 7.98. The Bertz CT molecular complexity index is 498. The van der Waals surface area contributed by atoms with E-state index in [4.69, 9.17) is 9.15 Å². The minimum atomic E-state index is -0.232. The number of likely N-dealkylation sites (tertiary alicyclic amines) is 1. The van der Waals surface area contributed by atoms with Crippen LogP contribution in [0.5, 0.6) is 0 Å². The number of fused-ring (bicyclic) bond motifs is 1. The van der Waals surface area contributed by atoms with E-state index in [0.29, 0.717) is 12.0 Å². The summed E-state index contributed by atoms with van der Waals surface area (Å²) in [6.45, 7) is 2.79. The number of nitrogens with one attached hydrogen (secondary N) is 1. The first kappa shape index (κ1) is 13.3. The van der Waals surface area contributed by atoms with Crippen molar-refractivity contribution in [2.24, 2.45) is 5.92 Å². The highest BCUT2D eigenvalue weighted by Gasteiger charge is 2.42. The van der Waals surface area contributed by atoms with Gasteiger partial charge in [-0.25, -0.2) is 0 Å². The van der Waals surface area contributed by atoms with E-state index in [2.05, 4.69) is 10.2 Å². The lowest BCUT2D eigenvalue weighted by Gasteiger charge is -2.33. The molecule has 2 aliphatic heterocycles. The first-order valence-electron chi connectivity index (χ1n) is 7.98. The number of amides is 1. The number of hydrogen-bond donors (Lipinski definition) is 1. The van der Waals surface area contributed by atoms with Gasteiger partial charge in [0.05, 0.1) is 18.9 Å². The van der Waals surface area contributed by atoms with Gasteiger partial charge in [-0.05, 0) is 50.3 Å². The van der Waals surface area contributed by atoms with Crippen LogP contribution < -0.4 is 5.32 Å². The summed E-state index contributed by atoms with van der Waals surface area (Å²) in [6.07, 6.45) is 5.93. The third-order valence-corrected chi connectivity index (χ3v) is 4.81. The molecule has 0 radical (unpaired) electrons. The quantitative estimate of drug-likeness (QED) is 0.914. The van der Waals surface area contributed by atoms with Crippen LogP contribution in [-0.4, -0.2) is 42.1 Å². The van der Waals surface area contributed by atoms with Gasteiger partial charge >= 0.3 is 0 Å². The lowest BCUT2D eigenvalue weighted by Crippen LogP contribution is -2.42. The molecule has 3 aliphatic rings. The van der Waals surface area contributed by atoms with E-state index in [1.165, 1.54) is 0 Å². The Hall–Kier alpha value is -1.33. The van der Waals surface area contributed by atoms with Gasteiger partial charge in [0.2, 0.25) is 5.91 Å². The van der Waals surface area contributed by atoms with Crippen LogP contribution in [0.1, 0.15) is 31.4 Å². The molecule has 3 atom stereocenters.